The highest BCUT2D eigenvalue weighted by molar-refractivity contribution is 5.85. The van der Waals surface area contributed by atoms with Crippen LogP contribution in [0.3, 0.4) is 0 Å². The lowest BCUT2D eigenvalue weighted by atomic mass is 10.1. The summed E-state index contributed by atoms with van der Waals surface area (Å²) in [4.78, 5) is 4.87. The third-order valence-electron chi connectivity index (χ3n) is 4.07. The summed E-state index contributed by atoms with van der Waals surface area (Å²) in [6.07, 6.45) is 1.95. The van der Waals surface area contributed by atoms with Gasteiger partial charge in [-0.1, -0.05) is 0 Å². The highest BCUT2D eigenvalue weighted by atomic mass is 16.3. The number of aryl methyl sites for hydroxylation is 3. The normalized spacial score (nSPS) is 11.8. The smallest absolute Gasteiger partial charge is 0.159 e. The largest absolute Gasteiger partial charge is 0.394 e. The summed E-state index contributed by atoms with van der Waals surface area (Å²) in [5.41, 5.74) is 5.91. The Labute approximate surface area is 135 Å². The molecule has 0 radical (unpaired) electrons. The first kappa shape index (κ1) is 15.7. The maximum absolute atomic E-state index is 9.09. The molecule has 3 aromatic heterocycles. The number of aliphatic hydroxyl groups is 1. The third kappa shape index (κ3) is 2.63. The average molecular weight is 313 g/mol. The van der Waals surface area contributed by atoms with E-state index in [1.807, 2.05) is 24.7 Å². The minimum Gasteiger partial charge on any atom is -0.394 e. The molecule has 6 nitrogen and oxygen atoms in total. The second-order valence-electron chi connectivity index (χ2n) is 6.26. The van der Waals surface area contributed by atoms with E-state index in [1.54, 1.807) is 4.68 Å². The van der Waals surface area contributed by atoms with Crippen LogP contribution in [0.1, 0.15) is 36.8 Å². The van der Waals surface area contributed by atoms with E-state index in [9.17, 15) is 0 Å². The Bertz CT molecular complexity index is 860. The molecule has 0 unspecified atom stereocenters. The number of hydrogen-bond donors (Lipinski definition) is 1. The van der Waals surface area contributed by atoms with Gasteiger partial charge in [-0.15, -0.1) is 0 Å². The quantitative estimate of drug-likeness (QED) is 0.804. The van der Waals surface area contributed by atoms with Crippen LogP contribution in [0.4, 0.5) is 0 Å². The zero-order valence-corrected chi connectivity index (χ0v) is 14.3. The molecule has 0 saturated carbocycles. The molecule has 0 spiro atoms. The Balaban J connectivity index is 2.21. The summed E-state index contributed by atoms with van der Waals surface area (Å²) in [6.45, 7) is 10.9. The molecular formula is C17H23N5O. The number of fused-ring (bicyclic) bond motifs is 1. The van der Waals surface area contributed by atoms with Crippen molar-refractivity contribution in [2.24, 2.45) is 0 Å². The molecule has 0 aliphatic carbocycles. The zero-order chi connectivity index (χ0) is 16.7. The van der Waals surface area contributed by atoms with Crippen LogP contribution < -0.4 is 0 Å². The summed E-state index contributed by atoms with van der Waals surface area (Å²) in [6, 6.07) is 2.35. The van der Waals surface area contributed by atoms with Crippen LogP contribution in [0.5, 0.6) is 0 Å². The van der Waals surface area contributed by atoms with Crippen LogP contribution in [0.15, 0.2) is 12.3 Å². The van der Waals surface area contributed by atoms with E-state index >= 15 is 0 Å². The van der Waals surface area contributed by atoms with E-state index in [4.69, 9.17) is 10.1 Å². The molecule has 0 aliphatic rings. The van der Waals surface area contributed by atoms with Crippen LogP contribution in [-0.2, 0) is 6.54 Å². The van der Waals surface area contributed by atoms with E-state index in [1.165, 1.54) is 5.56 Å². The summed E-state index contributed by atoms with van der Waals surface area (Å²) >= 11 is 0. The van der Waals surface area contributed by atoms with Crippen molar-refractivity contribution >= 4 is 11.0 Å². The van der Waals surface area contributed by atoms with Gasteiger partial charge >= 0.3 is 0 Å². The highest BCUT2D eigenvalue weighted by Gasteiger charge is 2.17. The average Bonchev–Trinajstić information content (AvgIpc) is 3.00. The van der Waals surface area contributed by atoms with E-state index in [2.05, 4.69) is 37.0 Å². The number of nitrogens with zero attached hydrogens (tertiary/aromatic N) is 5. The third-order valence-corrected chi connectivity index (χ3v) is 4.07. The highest BCUT2D eigenvalue weighted by Crippen LogP contribution is 2.29. The fraction of sp³-hybridized carbons (Fsp3) is 0.471. The molecule has 6 heteroatoms. The molecule has 0 amide bonds. The van der Waals surface area contributed by atoms with E-state index in [-0.39, 0.29) is 12.6 Å². The molecule has 0 bridgehead atoms. The second kappa shape index (κ2) is 5.77. The zero-order valence-electron chi connectivity index (χ0n) is 14.3. The first-order valence-corrected chi connectivity index (χ1v) is 7.94. The van der Waals surface area contributed by atoms with Crippen LogP contribution in [-0.4, -0.2) is 36.3 Å². The van der Waals surface area contributed by atoms with Gasteiger partial charge in [0.2, 0.25) is 0 Å². The van der Waals surface area contributed by atoms with Gasteiger partial charge in [0, 0.05) is 23.2 Å². The van der Waals surface area contributed by atoms with Crippen molar-refractivity contribution in [1.82, 2.24) is 24.5 Å². The van der Waals surface area contributed by atoms with Gasteiger partial charge in [-0.25, -0.2) is 9.67 Å². The maximum Gasteiger partial charge on any atom is 0.159 e. The van der Waals surface area contributed by atoms with Gasteiger partial charge in [0.05, 0.1) is 30.2 Å². The maximum atomic E-state index is 9.09. The van der Waals surface area contributed by atoms with Crippen LogP contribution >= 0.6 is 0 Å². The van der Waals surface area contributed by atoms with Gasteiger partial charge < -0.3 is 5.11 Å². The van der Waals surface area contributed by atoms with Gasteiger partial charge in [-0.2, -0.15) is 10.2 Å². The Hall–Kier alpha value is -2.21. The second-order valence-corrected chi connectivity index (χ2v) is 6.26. The lowest BCUT2D eigenvalue weighted by Crippen LogP contribution is -2.04. The number of aromatic nitrogens is 5. The Kier molecular flexibility index (Phi) is 3.93. The molecule has 0 aromatic carbocycles. The van der Waals surface area contributed by atoms with Crippen molar-refractivity contribution in [3.05, 3.63) is 29.2 Å². The molecule has 3 heterocycles. The molecule has 0 saturated heterocycles. The van der Waals surface area contributed by atoms with Crippen molar-refractivity contribution in [2.75, 3.05) is 6.61 Å². The molecule has 122 valence electrons. The van der Waals surface area contributed by atoms with Crippen LogP contribution in [0.25, 0.3) is 22.3 Å². The molecule has 0 fully saturated rings. The summed E-state index contributed by atoms with van der Waals surface area (Å²) in [5, 5.41) is 19.3. The minimum absolute atomic E-state index is 0.0748. The first-order chi connectivity index (χ1) is 10.9. The SMILES string of the molecule is Cc1nn(CCO)cc1-c1cc(C)c2c(C)nn(C(C)C)c2n1. The molecule has 0 atom stereocenters. The lowest BCUT2D eigenvalue weighted by molar-refractivity contribution is 0.269. The van der Waals surface area contributed by atoms with Crippen LogP contribution in [0.2, 0.25) is 0 Å². The summed E-state index contributed by atoms with van der Waals surface area (Å²) < 4.78 is 3.74. The van der Waals surface area contributed by atoms with Gasteiger partial charge in [0.15, 0.2) is 5.65 Å². The fourth-order valence-electron chi connectivity index (χ4n) is 3.01. The number of pyridine rings is 1. The first-order valence-electron chi connectivity index (χ1n) is 7.94. The van der Waals surface area contributed by atoms with Crippen molar-refractivity contribution in [3.63, 3.8) is 0 Å². The number of aliphatic hydroxyl groups excluding tert-OH is 1. The predicted octanol–water partition coefficient (Wildman–Crippen LogP) is 2.79. The van der Waals surface area contributed by atoms with E-state index in [0.29, 0.717) is 6.54 Å². The van der Waals surface area contributed by atoms with Gasteiger partial charge in [-0.05, 0) is 46.2 Å². The van der Waals surface area contributed by atoms with Gasteiger partial charge in [0.25, 0.3) is 0 Å². The molecule has 1 N–H and O–H groups in total. The molecule has 3 rings (SSSR count). The number of hydrogen-bond acceptors (Lipinski definition) is 4. The number of rotatable bonds is 4. The molecule has 23 heavy (non-hydrogen) atoms. The lowest BCUT2D eigenvalue weighted by Gasteiger charge is -2.08. The topological polar surface area (TPSA) is 68.8 Å². The summed E-state index contributed by atoms with van der Waals surface area (Å²) in [7, 11) is 0. The van der Waals surface area contributed by atoms with Crippen molar-refractivity contribution in [3.8, 4) is 11.3 Å². The van der Waals surface area contributed by atoms with Crippen molar-refractivity contribution < 1.29 is 5.11 Å². The molecular weight excluding hydrogens is 290 g/mol. The van der Waals surface area contributed by atoms with Crippen molar-refractivity contribution in [1.29, 1.82) is 0 Å². The standard InChI is InChI=1S/C17H23N5O/c1-10(2)22-17-16(13(5)20-22)11(3)8-15(18-17)14-9-21(6-7-23)19-12(14)4/h8-10,23H,6-7H2,1-5H3. The van der Waals surface area contributed by atoms with E-state index < -0.39 is 0 Å². The van der Waals surface area contributed by atoms with E-state index in [0.717, 1.165) is 33.7 Å². The fourth-order valence-corrected chi connectivity index (χ4v) is 3.01. The molecule has 3 aromatic rings. The predicted molar refractivity (Wildman–Crippen MR) is 90.4 cm³/mol. The van der Waals surface area contributed by atoms with Crippen molar-refractivity contribution in [2.45, 2.75) is 47.2 Å². The Morgan fingerprint density at radius 3 is 2.52 bits per heavy atom. The van der Waals surface area contributed by atoms with Gasteiger partial charge in [-0.3, -0.25) is 4.68 Å². The van der Waals surface area contributed by atoms with Crippen LogP contribution in [0, 0.1) is 20.8 Å². The molecule has 0 aliphatic heterocycles. The summed E-state index contributed by atoms with van der Waals surface area (Å²) in [5.74, 6) is 0. The Morgan fingerprint density at radius 2 is 1.87 bits per heavy atom. The minimum atomic E-state index is 0.0748. The van der Waals surface area contributed by atoms with Gasteiger partial charge in [0.1, 0.15) is 0 Å². The monoisotopic (exact) mass is 313 g/mol. The Morgan fingerprint density at radius 1 is 1.13 bits per heavy atom.